The average Bonchev–Trinajstić information content (AvgIpc) is 3.13. The first-order valence-electron chi connectivity index (χ1n) is 8.78. The molecule has 138 valence electrons. The highest BCUT2D eigenvalue weighted by Gasteiger charge is 2.42. The van der Waals surface area contributed by atoms with Crippen molar-refractivity contribution in [2.75, 3.05) is 18.4 Å². The van der Waals surface area contributed by atoms with E-state index >= 15 is 0 Å². The molecule has 0 radical (unpaired) electrons. The van der Waals surface area contributed by atoms with Crippen LogP contribution < -0.4 is 10.6 Å². The number of para-hydroxylation sites is 1. The second-order valence-electron chi connectivity index (χ2n) is 6.87. The summed E-state index contributed by atoms with van der Waals surface area (Å²) in [6.07, 6.45) is 0.450. The van der Waals surface area contributed by atoms with Gasteiger partial charge in [0.1, 0.15) is 11.6 Å². The molecule has 1 unspecified atom stereocenters. The lowest BCUT2D eigenvalue weighted by atomic mass is 9.98. The van der Waals surface area contributed by atoms with Crippen LogP contribution in [-0.2, 0) is 4.79 Å². The Morgan fingerprint density at radius 2 is 2.04 bits per heavy atom. The summed E-state index contributed by atoms with van der Waals surface area (Å²) in [7, 11) is 0. The van der Waals surface area contributed by atoms with E-state index in [1.807, 2.05) is 43.3 Å². The van der Waals surface area contributed by atoms with E-state index < -0.39 is 11.5 Å². The number of benzene rings is 2. The number of phenols is 1. The molecule has 2 aromatic carbocycles. The number of rotatable bonds is 4. The normalized spacial score (nSPS) is 19.3. The van der Waals surface area contributed by atoms with Gasteiger partial charge in [0, 0.05) is 11.9 Å². The van der Waals surface area contributed by atoms with Gasteiger partial charge in [-0.3, -0.25) is 0 Å². The molecule has 1 aromatic heterocycles. The molecule has 4 N–H and O–H groups in total. The molecule has 7 nitrogen and oxygen atoms in total. The van der Waals surface area contributed by atoms with Crippen molar-refractivity contribution in [3.8, 4) is 17.1 Å². The molecule has 7 heteroatoms. The lowest BCUT2D eigenvalue weighted by Gasteiger charge is -2.26. The van der Waals surface area contributed by atoms with E-state index in [9.17, 15) is 15.0 Å². The first kappa shape index (κ1) is 17.2. The van der Waals surface area contributed by atoms with Crippen LogP contribution in [0.2, 0.25) is 0 Å². The third-order valence-corrected chi connectivity index (χ3v) is 4.92. The lowest BCUT2D eigenvalue weighted by Crippen LogP contribution is -2.48. The van der Waals surface area contributed by atoms with Crippen molar-refractivity contribution in [1.29, 1.82) is 0 Å². The Morgan fingerprint density at radius 3 is 2.78 bits per heavy atom. The number of carboxylic acid groups (broad SMARTS) is 1. The smallest absolute Gasteiger partial charge is 0.330 e. The molecule has 1 saturated heterocycles. The van der Waals surface area contributed by atoms with Gasteiger partial charge in [0.05, 0.1) is 11.1 Å². The summed E-state index contributed by atoms with van der Waals surface area (Å²) in [5, 5.41) is 27.0. The average molecular weight is 364 g/mol. The van der Waals surface area contributed by atoms with Crippen LogP contribution in [0.25, 0.3) is 22.3 Å². The molecule has 1 aliphatic heterocycles. The Hall–Kier alpha value is -3.19. The Bertz CT molecular complexity index is 1030. The quantitative estimate of drug-likeness (QED) is 0.563. The molecule has 0 spiro atoms. The number of aryl methyl sites for hydroxylation is 1. The van der Waals surface area contributed by atoms with Gasteiger partial charge < -0.3 is 20.8 Å². The molecule has 1 aliphatic rings. The monoisotopic (exact) mass is 364 g/mol. The van der Waals surface area contributed by atoms with Gasteiger partial charge in [0.15, 0.2) is 11.4 Å². The van der Waals surface area contributed by atoms with Crippen molar-refractivity contribution in [1.82, 2.24) is 15.3 Å². The van der Waals surface area contributed by atoms with Crippen LogP contribution in [0.15, 0.2) is 42.5 Å². The minimum atomic E-state index is -1.12. The summed E-state index contributed by atoms with van der Waals surface area (Å²) in [5.41, 5.74) is 1.04. The second-order valence-corrected chi connectivity index (χ2v) is 6.87. The molecule has 27 heavy (non-hydrogen) atoms. The number of hydrogen-bond donors (Lipinski definition) is 4. The summed E-state index contributed by atoms with van der Waals surface area (Å²) < 4.78 is 0. The fourth-order valence-corrected chi connectivity index (χ4v) is 3.38. The number of aliphatic carboxylic acids is 1. The van der Waals surface area contributed by atoms with Gasteiger partial charge in [0.2, 0.25) is 0 Å². The van der Waals surface area contributed by atoms with Crippen molar-refractivity contribution in [2.24, 2.45) is 0 Å². The van der Waals surface area contributed by atoms with E-state index in [0.29, 0.717) is 42.2 Å². The van der Waals surface area contributed by atoms with Gasteiger partial charge >= 0.3 is 5.97 Å². The van der Waals surface area contributed by atoms with Crippen LogP contribution in [0, 0.1) is 6.92 Å². The minimum Gasteiger partial charge on any atom is -0.507 e. The lowest BCUT2D eigenvalue weighted by molar-refractivity contribution is -0.141. The molecule has 0 aliphatic carbocycles. The van der Waals surface area contributed by atoms with E-state index in [2.05, 4.69) is 20.6 Å². The maximum atomic E-state index is 11.9. The number of phenolic OH excluding ortho intramolecular Hbond substituents is 1. The SMILES string of the molecule is Cc1ccc(O)c(-c2nc(NC3(C(=O)O)CCNC3)c3ccccc3n2)c1. The predicted molar refractivity (Wildman–Crippen MR) is 103 cm³/mol. The van der Waals surface area contributed by atoms with E-state index in [-0.39, 0.29) is 5.75 Å². The van der Waals surface area contributed by atoms with E-state index in [1.165, 1.54) is 0 Å². The van der Waals surface area contributed by atoms with Crippen LogP contribution in [0.3, 0.4) is 0 Å². The summed E-state index contributed by atoms with van der Waals surface area (Å²) in [5.74, 6) is -0.0426. The standard InChI is InChI=1S/C20H20N4O3/c1-12-6-7-16(25)14(10-12)17-22-15-5-3-2-4-13(15)18(23-17)24-20(19(26)27)8-9-21-11-20/h2-7,10,21,25H,8-9,11H2,1H3,(H,26,27)(H,22,23,24). The molecule has 3 aromatic rings. The van der Waals surface area contributed by atoms with Gasteiger partial charge in [-0.25, -0.2) is 14.8 Å². The molecule has 0 saturated carbocycles. The number of nitrogens with one attached hydrogen (secondary N) is 2. The van der Waals surface area contributed by atoms with Crippen molar-refractivity contribution < 1.29 is 15.0 Å². The fourth-order valence-electron chi connectivity index (χ4n) is 3.38. The molecular weight excluding hydrogens is 344 g/mol. The first-order chi connectivity index (χ1) is 13.0. The van der Waals surface area contributed by atoms with Crippen molar-refractivity contribution >= 4 is 22.7 Å². The van der Waals surface area contributed by atoms with Crippen molar-refractivity contribution in [3.05, 3.63) is 48.0 Å². The molecule has 0 amide bonds. The number of aromatic nitrogens is 2. The third kappa shape index (κ3) is 3.06. The molecule has 2 heterocycles. The molecular formula is C20H20N4O3. The largest absolute Gasteiger partial charge is 0.507 e. The second kappa shape index (κ2) is 6.51. The van der Waals surface area contributed by atoms with Crippen molar-refractivity contribution in [2.45, 2.75) is 18.9 Å². The molecule has 0 bridgehead atoms. The summed E-state index contributed by atoms with van der Waals surface area (Å²) in [6.45, 7) is 2.85. The maximum Gasteiger partial charge on any atom is 0.330 e. The summed E-state index contributed by atoms with van der Waals surface area (Å²) >= 11 is 0. The Balaban J connectivity index is 1.89. The Labute approximate surface area is 156 Å². The van der Waals surface area contributed by atoms with Crippen LogP contribution >= 0.6 is 0 Å². The van der Waals surface area contributed by atoms with Crippen LogP contribution in [-0.4, -0.2) is 44.8 Å². The zero-order chi connectivity index (χ0) is 19.0. The van der Waals surface area contributed by atoms with Crippen LogP contribution in [0.5, 0.6) is 5.75 Å². The number of anilines is 1. The van der Waals surface area contributed by atoms with Gasteiger partial charge in [-0.2, -0.15) is 0 Å². The molecule has 1 fully saturated rings. The highest BCUT2D eigenvalue weighted by molar-refractivity contribution is 5.94. The number of fused-ring (bicyclic) bond motifs is 1. The summed E-state index contributed by atoms with van der Waals surface area (Å²) in [4.78, 5) is 21.1. The Kier molecular flexibility index (Phi) is 4.16. The first-order valence-corrected chi connectivity index (χ1v) is 8.78. The highest BCUT2D eigenvalue weighted by atomic mass is 16.4. The van der Waals surface area contributed by atoms with Crippen LogP contribution in [0.1, 0.15) is 12.0 Å². The van der Waals surface area contributed by atoms with Gasteiger partial charge in [-0.05, 0) is 44.2 Å². The number of nitrogens with zero attached hydrogens (tertiary/aromatic N) is 2. The third-order valence-electron chi connectivity index (χ3n) is 4.92. The highest BCUT2D eigenvalue weighted by Crippen LogP contribution is 2.32. The van der Waals surface area contributed by atoms with E-state index in [4.69, 9.17) is 0 Å². The molecule has 1 atom stereocenters. The number of aromatic hydroxyl groups is 1. The minimum absolute atomic E-state index is 0.0808. The number of carboxylic acids is 1. The van der Waals surface area contributed by atoms with Gasteiger partial charge in [-0.1, -0.05) is 23.8 Å². The molecule has 4 rings (SSSR count). The Morgan fingerprint density at radius 1 is 1.22 bits per heavy atom. The summed E-state index contributed by atoms with van der Waals surface area (Å²) in [6, 6.07) is 12.7. The van der Waals surface area contributed by atoms with E-state index in [0.717, 1.165) is 10.9 Å². The van der Waals surface area contributed by atoms with Gasteiger partial charge in [0.25, 0.3) is 0 Å². The topological polar surface area (TPSA) is 107 Å². The van der Waals surface area contributed by atoms with Crippen molar-refractivity contribution in [3.63, 3.8) is 0 Å². The number of carbonyl (C=O) groups is 1. The fraction of sp³-hybridized carbons (Fsp3) is 0.250. The maximum absolute atomic E-state index is 11.9. The predicted octanol–water partition coefficient (Wildman–Crippen LogP) is 2.54. The zero-order valence-electron chi connectivity index (χ0n) is 14.9. The zero-order valence-corrected chi connectivity index (χ0v) is 14.9. The number of hydrogen-bond acceptors (Lipinski definition) is 6. The van der Waals surface area contributed by atoms with E-state index in [1.54, 1.807) is 6.07 Å². The van der Waals surface area contributed by atoms with Crippen LogP contribution in [0.4, 0.5) is 5.82 Å². The van der Waals surface area contributed by atoms with Gasteiger partial charge in [-0.15, -0.1) is 0 Å².